The number of carboxylic acid groups (broad SMARTS) is 4. The Morgan fingerprint density at radius 1 is 0.382 bits per heavy atom. The van der Waals surface area contributed by atoms with Gasteiger partial charge in [0.1, 0.15) is 0 Å². The third-order valence-corrected chi connectivity index (χ3v) is 4.22. The molecule has 0 saturated carbocycles. The Morgan fingerprint density at radius 2 is 0.559 bits per heavy atom. The maximum Gasteiger partial charge on any atom is 0.303 e. The number of carbonyl (C=O) groups is 4. The van der Waals surface area contributed by atoms with Crippen molar-refractivity contribution in [3.8, 4) is 0 Å². The van der Waals surface area contributed by atoms with Gasteiger partial charge < -0.3 is 44.2 Å². The van der Waals surface area contributed by atoms with Crippen LogP contribution in [0.1, 0.15) is 103 Å². The molecule has 206 valence electrons. The molecule has 0 spiro atoms. The molecule has 34 heavy (non-hydrogen) atoms. The van der Waals surface area contributed by atoms with Gasteiger partial charge in [-0.3, -0.25) is 19.2 Å². The Labute approximate surface area is 203 Å². The maximum atomic E-state index is 10.1. The van der Waals surface area contributed by atoms with E-state index in [1.807, 2.05) is 0 Å². The van der Waals surface area contributed by atoms with E-state index in [4.69, 9.17) is 31.9 Å². The molecule has 12 heteroatoms. The molecule has 14 N–H and O–H groups in total. The van der Waals surface area contributed by atoms with Crippen LogP contribution in [0.4, 0.5) is 0 Å². The molecule has 0 fully saturated rings. The van der Waals surface area contributed by atoms with E-state index < -0.39 is 23.9 Å². The number of rotatable bonds is 19. The van der Waals surface area contributed by atoms with E-state index in [0.717, 1.165) is 64.5 Å². The minimum Gasteiger partial charge on any atom is -0.481 e. The summed E-state index contributed by atoms with van der Waals surface area (Å²) in [4.78, 5) is 40.1. The number of carboxylic acids is 4. The topological polar surface area (TPSA) is 271 Å². The van der Waals surface area contributed by atoms with E-state index in [1.165, 1.54) is 12.8 Å². The molecule has 0 aromatic heterocycles. The minimum atomic E-state index is -0.870. The highest BCUT2D eigenvalue weighted by Crippen LogP contribution is 2.08. The van der Waals surface area contributed by atoms with Crippen LogP contribution in [0.2, 0.25) is 0 Å². The standard InChI is InChI=1S/C10H18O4.C6H16N2.C6H10O4.2H3N/c11-9(12)7-5-3-1-2-4-6-8-10(13)14;7-5-3-1-2-4-6-8;7-5(8)3-1-2-4-6(9)10;;/h1-8H2,(H,11,12)(H,13,14);1-8H2;1-4H2,(H,7,8)(H,9,10);2*1H3. The van der Waals surface area contributed by atoms with Gasteiger partial charge in [0.25, 0.3) is 0 Å². The third kappa shape index (κ3) is 57.1. The van der Waals surface area contributed by atoms with Gasteiger partial charge in [0.05, 0.1) is 0 Å². The molecule has 0 aliphatic rings. The molecule has 0 aromatic rings. The largest absolute Gasteiger partial charge is 0.481 e. The van der Waals surface area contributed by atoms with Crippen molar-refractivity contribution in [3.05, 3.63) is 0 Å². The molecule has 0 aliphatic heterocycles. The average molecular weight is 499 g/mol. The molecule has 0 aromatic carbocycles. The van der Waals surface area contributed by atoms with E-state index >= 15 is 0 Å². The quantitative estimate of drug-likeness (QED) is 0.118. The van der Waals surface area contributed by atoms with Crippen molar-refractivity contribution in [2.24, 2.45) is 11.5 Å². The van der Waals surface area contributed by atoms with Gasteiger partial charge >= 0.3 is 23.9 Å². The zero-order valence-electron chi connectivity index (χ0n) is 20.7. The van der Waals surface area contributed by atoms with Gasteiger partial charge in [0.15, 0.2) is 0 Å². The maximum absolute atomic E-state index is 10.1. The van der Waals surface area contributed by atoms with Crippen molar-refractivity contribution < 1.29 is 39.6 Å². The van der Waals surface area contributed by atoms with Crippen LogP contribution < -0.4 is 23.8 Å². The molecule has 0 saturated heterocycles. The molecule has 0 heterocycles. The fourth-order valence-electron chi connectivity index (χ4n) is 2.45. The molecule has 0 rings (SSSR count). The van der Waals surface area contributed by atoms with Crippen LogP contribution in [0.3, 0.4) is 0 Å². The summed E-state index contributed by atoms with van der Waals surface area (Å²) in [5, 5.41) is 33.0. The van der Waals surface area contributed by atoms with Crippen molar-refractivity contribution in [1.29, 1.82) is 0 Å². The molecular weight excluding hydrogens is 448 g/mol. The molecule has 12 nitrogen and oxygen atoms in total. The monoisotopic (exact) mass is 498 g/mol. The fraction of sp³-hybridized carbons (Fsp3) is 0.818. The van der Waals surface area contributed by atoms with E-state index in [0.29, 0.717) is 12.8 Å². The van der Waals surface area contributed by atoms with Crippen LogP contribution in [0.15, 0.2) is 0 Å². The number of hydrogen-bond acceptors (Lipinski definition) is 8. The highest BCUT2D eigenvalue weighted by molar-refractivity contribution is 5.68. The van der Waals surface area contributed by atoms with Gasteiger partial charge in [-0.05, 0) is 51.6 Å². The molecule has 0 radical (unpaired) electrons. The molecule has 0 unspecified atom stereocenters. The smallest absolute Gasteiger partial charge is 0.303 e. The van der Waals surface area contributed by atoms with E-state index in [2.05, 4.69) is 0 Å². The molecular formula is C22H50N4O8. The Kier molecular flexibility index (Phi) is 43.5. The van der Waals surface area contributed by atoms with Crippen molar-refractivity contribution in [2.45, 2.75) is 103 Å². The summed E-state index contributed by atoms with van der Waals surface area (Å²) in [6.45, 7) is 1.65. The first kappa shape index (κ1) is 41.9. The summed E-state index contributed by atoms with van der Waals surface area (Å²) < 4.78 is 0. The Hall–Kier alpha value is -2.28. The van der Waals surface area contributed by atoms with Crippen molar-refractivity contribution in [3.63, 3.8) is 0 Å². The van der Waals surface area contributed by atoms with Gasteiger partial charge in [-0.2, -0.15) is 0 Å². The summed E-state index contributed by atoms with van der Waals surface area (Å²) in [5.41, 5.74) is 10.6. The number of aliphatic carboxylic acids is 4. The summed E-state index contributed by atoms with van der Waals surface area (Å²) in [5.74, 6) is -3.22. The Bertz CT molecular complexity index is 438. The van der Waals surface area contributed by atoms with Crippen molar-refractivity contribution >= 4 is 23.9 Å². The lowest BCUT2D eigenvalue weighted by atomic mass is 10.1. The van der Waals surface area contributed by atoms with Crippen LogP contribution >= 0.6 is 0 Å². The summed E-state index contributed by atoms with van der Waals surface area (Å²) >= 11 is 0. The Balaban J connectivity index is -0.000000125. The van der Waals surface area contributed by atoms with E-state index in [9.17, 15) is 19.2 Å². The van der Waals surface area contributed by atoms with Crippen molar-refractivity contribution in [1.82, 2.24) is 12.3 Å². The summed E-state index contributed by atoms with van der Waals surface area (Å²) in [6.07, 6.45) is 11.6. The fourth-order valence-corrected chi connectivity index (χ4v) is 2.45. The zero-order chi connectivity index (χ0) is 25.0. The number of hydrogen-bond donors (Lipinski definition) is 8. The first-order valence-corrected chi connectivity index (χ1v) is 11.4. The van der Waals surface area contributed by atoms with Gasteiger partial charge in [-0.1, -0.05) is 38.5 Å². The number of nitrogens with two attached hydrogens (primary N) is 2. The molecule has 0 atom stereocenters. The second-order valence-corrected chi connectivity index (χ2v) is 7.39. The van der Waals surface area contributed by atoms with E-state index in [1.54, 1.807) is 0 Å². The lowest BCUT2D eigenvalue weighted by Crippen LogP contribution is -2.00. The van der Waals surface area contributed by atoms with Gasteiger partial charge in [-0.15, -0.1) is 0 Å². The highest BCUT2D eigenvalue weighted by Gasteiger charge is 1.99. The van der Waals surface area contributed by atoms with Gasteiger partial charge in [-0.25, -0.2) is 0 Å². The van der Waals surface area contributed by atoms with E-state index in [-0.39, 0.29) is 38.0 Å². The van der Waals surface area contributed by atoms with Crippen LogP contribution in [0.25, 0.3) is 0 Å². The van der Waals surface area contributed by atoms with Crippen molar-refractivity contribution in [2.75, 3.05) is 13.1 Å². The zero-order valence-corrected chi connectivity index (χ0v) is 20.7. The SMILES string of the molecule is N.N.NCCCCCCN.O=C(O)CCCCC(=O)O.O=C(O)CCCCCCCCC(=O)O. The van der Waals surface area contributed by atoms with Crippen LogP contribution in [0.5, 0.6) is 0 Å². The summed E-state index contributed by atoms with van der Waals surface area (Å²) in [7, 11) is 0. The molecule has 0 aliphatic carbocycles. The second-order valence-electron chi connectivity index (χ2n) is 7.39. The lowest BCUT2D eigenvalue weighted by molar-refractivity contribution is -0.139. The highest BCUT2D eigenvalue weighted by atomic mass is 16.4. The van der Waals surface area contributed by atoms with Crippen LogP contribution in [0, 0.1) is 0 Å². The second kappa shape index (κ2) is 35.3. The summed E-state index contributed by atoms with van der Waals surface area (Å²) in [6, 6.07) is 0. The number of unbranched alkanes of at least 4 members (excludes halogenated alkanes) is 9. The average Bonchev–Trinajstić information content (AvgIpc) is 2.71. The third-order valence-electron chi connectivity index (χ3n) is 4.22. The first-order valence-electron chi connectivity index (χ1n) is 11.4. The first-order chi connectivity index (χ1) is 15.2. The Morgan fingerprint density at radius 3 is 0.765 bits per heavy atom. The predicted molar refractivity (Wildman–Crippen MR) is 133 cm³/mol. The molecule has 0 bridgehead atoms. The van der Waals surface area contributed by atoms with Crippen LogP contribution in [-0.2, 0) is 19.2 Å². The van der Waals surface area contributed by atoms with Gasteiger partial charge in [0, 0.05) is 25.7 Å². The normalized spacial score (nSPS) is 9.12. The predicted octanol–water partition coefficient (Wildman–Crippen LogP) is 3.78. The lowest BCUT2D eigenvalue weighted by Gasteiger charge is -1.98. The molecule has 0 amide bonds. The minimum absolute atomic E-state index is 0. The van der Waals surface area contributed by atoms with Gasteiger partial charge in [0.2, 0.25) is 0 Å². The van der Waals surface area contributed by atoms with Crippen LogP contribution in [-0.4, -0.2) is 57.4 Å².